The Kier molecular flexibility index (Phi) is 16.8. The minimum atomic E-state index is -0.418. The van der Waals surface area contributed by atoms with Crippen molar-refractivity contribution < 1.29 is 14.3 Å². The maximum absolute atomic E-state index is 12.5. The molecule has 4 heteroatoms. The summed E-state index contributed by atoms with van der Waals surface area (Å²) in [6, 6.07) is 0. The molecule has 0 aromatic rings. The third-order valence-electron chi connectivity index (χ3n) is 7.45. The van der Waals surface area contributed by atoms with Gasteiger partial charge in [-0.25, -0.2) is 4.79 Å². The molecule has 0 aliphatic rings. The molecule has 32 heavy (non-hydrogen) atoms. The summed E-state index contributed by atoms with van der Waals surface area (Å²) in [6.07, 6.45) is 15.2. The fraction of sp³-hybridized carbons (Fsp3) is 0.929. The van der Waals surface area contributed by atoms with Gasteiger partial charge >= 0.3 is 6.09 Å². The Morgan fingerprint density at radius 2 is 1.56 bits per heavy atom. The Morgan fingerprint density at radius 1 is 0.844 bits per heavy atom. The van der Waals surface area contributed by atoms with E-state index < -0.39 is 5.60 Å². The lowest BCUT2D eigenvalue weighted by atomic mass is 9.73. The van der Waals surface area contributed by atoms with E-state index in [1.54, 1.807) is 0 Å². The van der Waals surface area contributed by atoms with Crippen molar-refractivity contribution in [3.63, 3.8) is 0 Å². The van der Waals surface area contributed by atoms with E-state index in [0.29, 0.717) is 24.2 Å². The van der Waals surface area contributed by atoms with Gasteiger partial charge in [-0.05, 0) is 63.2 Å². The number of ether oxygens (including phenoxy) is 1. The van der Waals surface area contributed by atoms with Crippen LogP contribution in [0.5, 0.6) is 0 Å². The van der Waals surface area contributed by atoms with E-state index in [-0.39, 0.29) is 6.09 Å². The summed E-state index contributed by atoms with van der Waals surface area (Å²) in [5.74, 6) is 1.22. The largest absolute Gasteiger partial charge is 0.443 e. The lowest BCUT2D eigenvalue weighted by Gasteiger charge is -2.32. The quantitative estimate of drug-likeness (QED) is 0.188. The van der Waals surface area contributed by atoms with Crippen molar-refractivity contribution in [2.45, 2.75) is 150 Å². The van der Waals surface area contributed by atoms with E-state index in [0.717, 1.165) is 63.7 Å². The Morgan fingerprint density at radius 3 is 2.12 bits per heavy atom. The van der Waals surface area contributed by atoms with Crippen LogP contribution in [0.2, 0.25) is 0 Å². The number of carbonyl (C=O) groups is 2. The van der Waals surface area contributed by atoms with Gasteiger partial charge in [-0.3, -0.25) is 4.79 Å². The van der Waals surface area contributed by atoms with Gasteiger partial charge in [0, 0.05) is 19.4 Å². The minimum absolute atomic E-state index is 0.294. The second kappa shape index (κ2) is 17.4. The monoisotopic (exact) mass is 453 g/mol. The maximum atomic E-state index is 12.5. The normalized spacial score (nSPS) is 16.1. The van der Waals surface area contributed by atoms with Crippen molar-refractivity contribution in [1.29, 1.82) is 0 Å². The van der Waals surface area contributed by atoms with Crippen molar-refractivity contribution in [3.8, 4) is 0 Å². The van der Waals surface area contributed by atoms with E-state index in [1.165, 1.54) is 32.1 Å². The number of hydrogen-bond donors (Lipinski definition) is 1. The second-order valence-corrected chi connectivity index (χ2v) is 10.5. The van der Waals surface area contributed by atoms with E-state index in [2.05, 4.69) is 39.9 Å². The summed E-state index contributed by atoms with van der Waals surface area (Å²) < 4.78 is 5.65. The van der Waals surface area contributed by atoms with Gasteiger partial charge in [0.25, 0.3) is 0 Å². The van der Waals surface area contributed by atoms with Crippen molar-refractivity contribution in [2.24, 2.45) is 11.3 Å². The summed E-state index contributed by atoms with van der Waals surface area (Å²) in [7, 11) is 0. The molecule has 4 nitrogen and oxygen atoms in total. The Bertz CT molecular complexity index is 507. The molecule has 0 fully saturated rings. The van der Waals surface area contributed by atoms with E-state index in [9.17, 15) is 9.59 Å². The molecule has 0 saturated carbocycles. The zero-order valence-electron chi connectivity index (χ0n) is 22.6. The number of hydrogen-bond acceptors (Lipinski definition) is 3. The number of amides is 1. The predicted octanol–water partition coefficient (Wildman–Crippen LogP) is 8.61. The van der Waals surface area contributed by atoms with Gasteiger partial charge in [-0.2, -0.15) is 0 Å². The minimum Gasteiger partial charge on any atom is -0.443 e. The molecule has 0 saturated heterocycles. The Balaban J connectivity index is 4.25. The highest BCUT2D eigenvalue weighted by molar-refractivity contribution is 5.78. The molecule has 0 bridgehead atoms. The standard InChI is InChI=1S/C28H55NO3/c1-8-13-17-24(10-3)23-27(6,11-4)21-19-25(30)18-15-14-16-20-28(7,12-5)32-26(31)29-22-9-2/h24H,8-23H2,1-7H3,(H,29,31)/t24?,27-,28+/m1/s1. The highest BCUT2D eigenvalue weighted by atomic mass is 16.6. The van der Waals surface area contributed by atoms with Crippen LogP contribution in [-0.4, -0.2) is 24.0 Å². The van der Waals surface area contributed by atoms with Crippen molar-refractivity contribution >= 4 is 11.9 Å². The molecule has 0 aliphatic heterocycles. The van der Waals surface area contributed by atoms with Crippen LogP contribution in [0, 0.1) is 11.3 Å². The van der Waals surface area contributed by atoms with Crippen molar-refractivity contribution in [1.82, 2.24) is 5.32 Å². The molecule has 0 rings (SSSR count). The Hall–Kier alpha value is -1.06. The third-order valence-corrected chi connectivity index (χ3v) is 7.45. The van der Waals surface area contributed by atoms with Crippen molar-refractivity contribution in [2.75, 3.05) is 6.54 Å². The highest BCUT2D eigenvalue weighted by Gasteiger charge is 2.27. The first kappa shape index (κ1) is 30.9. The summed E-state index contributed by atoms with van der Waals surface area (Å²) in [5.41, 5.74) is -0.124. The summed E-state index contributed by atoms with van der Waals surface area (Å²) in [5, 5.41) is 2.79. The van der Waals surface area contributed by atoms with Gasteiger partial charge in [0.15, 0.2) is 0 Å². The molecule has 1 N–H and O–H groups in total. The molecule has 0 aromatic heterocycles. The van der Waals surface area contributed by atoms with E-state index >= 15 is 0 Å². The molecule has 1 unspecified atom stereocenters. The smallest absolute Gasteiger partial charge is 0.407 e. The Labute approximate surface area is 200 Å². The van der Waals surface area contributed by atoms with Crippen LogP contribution in [0.1, 0.15) is 145 Å². The average molecular weight is 454 g/mol. The van der Waals surface area contributed by atoms with Gasteiger partial charge < -0.3 is 10.1 Å². The molecule has 3 atom stereocenters. The fourth-order valence-corrected chi connectivity index (χ4v) is 4.41. The molecule has 0 aromatic carbocycles. The van der Waals surface area contributed by atoms with Crippen LogP contribution in [0.25, 0.3) is 0 Å². The summed E-state index contributed by atoms with van der Waals surface area (Å²) in [6.45, 7) is 16.0. The summed E-state index contributed by atoms with van der Waals surface area (Å²) in [4.78, 5) is 24.4. The molecule has 0 spiro atoms. The van der Waals surface area contributed by atoms with Crippen LogP contribution in [0.4, 0.5) is 4.79 Å². The van der Waals surface area contributed by atoms with Gasteiger partial charge in [0.05, 0.1) is 0 Å². The lowest BCUT2D eigenvalue weighted by Crippen LogP contribution is -2.36. The molecule has 0 aliphatic carbocycles. The molecule has 0 heterocycles. The zero-order chi connectivity index (χ0) is 24.5. The van der Waals surface area contributed by atoms with Crippen LogP contribution in [0.3, 0.4) is 0 Å². The van der Waals surface area contributed by atoms with Gasteiger partial charge in [0.1, 0.15) is 11.4 Å². The van der Waals surface area contributed by atoms with Gasteiger partial charge in [-0.15, -0.1) is 0 Å². The SMILES string of the molecule is CCCCC(CC)C[C@](C)(CC)CCC(=O)CCCCC[C@](C)(CC)OC(=O)NCCC. The lowest BCUT2D eigenvalue weighted by molar-refractivity contribution is -0.119. The number of rotatable bonds is 20. The maximum Gasteiger partial charge on any atom is 0.407 e. The molecule has 0 radical (unpaired) electrons. The summed E-state index contributed by atoms with van der Waals surface area (Å²) >= 11 is 0. The number of unbranched alkanes of at least 4 members (excludes halogenated alkanes) is 3. The van der Waals surface area contributed by atoms with Crippen LogP contribution >= 0.6 is 0 Å². The first-order valence-corrected chi connectivity index (χ1v) is 13.7. The zero-order valence-corrected chi connectivity index (χ0v) is 22.6. The average Bonchev–Trinajstić information content (AvgIpc) is 2.78. The van der Waals surface area contributed by atoms with Crippen molar-refractivity contribution in [3.05, 3.63) is 0 Å². The van der Waals surface area contributed by atoms with E-state index in [1.807, 2.05) is 13.8 Å². The first-order chi connectivity index (χ1) is 15.2. The first-order valence-electron chi connectivity index (χ1n) is 13.7. The number of ketones is 1. The van der Waals surface area contributed by atoms with Crippen LogP contribution < -0.4 is 5.32 Å². The molecule has 1 amide bonds. The topological polar surface area (TPSA) is 55.4 Å². The predicted molar refractivity (Wildman–Crippen MR) is 137 cm³/mol. The number of alkyl carbamates (subject to hydrolysis) is 1. The van der Waals surface area contributed by atoms with Gasteiger partial charge in [-0.1, -0.05) is 80.1 Å². The number of carbonyl (C=O) groups excluding carboxylic acids is 2. The van der Waals surface area contributed by atoms with E-state index in [4.69, 9.17) is 4.74 Å². The van der Waals surface area contributed by atoms with Crippen LogP contribution in [-0.2, 0) is 9.53 Å². The number of nitrogens with one attached hydrogen (secondary N) is 1. The molecular weight excluding hydrogens is 398 g/mol. The van der Waals surface area contributed by atoms with Gasteiger partial charge in [0.2, 0.25) is 0 Å². The third kappa shape index (κ3) is 14.2. The second-order valence-electron chi connectivity index (χ2n) is 10.5. The number of Topliss-reactive ketones (excluding diaryl/α,β-unsaturated/α-hetero) is 1. The molecular formula is C28H55NO3. The van der Waals surface area contributed by atoms with Crippen LogP contribution in [0.15, 0.2) is 0 Å². The molecule has 190 valence electrons. The fourth-order valence-electron chi connectivity index (χ4n) is 4.41. The highest BCUT2D eigenvalue weighted by Crippen LogP contribution is 2.37.